The SMILES string of the molecule is Cc1ccc(C(C)C)c(-c2cc(C(=O)O)nn2C)c1O. The Labute approximate surface area is 117 Å². The highest BCUT2D eigenvalue weighted by molar-refractivity contribution is 5.88. The fraction of sp³-hybridized carbons (Fsp3) is 0.333. The van der Waals surface area contributed by atoms with Gasteiger partial charge in [0.05, 0.1) is 5.69 Å². The summed E-state index contributed by atoms with van der Waals surface area (Å²) in [5.41, 5.74) is 2.95. The number of hydrogen-bond donors (Lipinski definition) is 2. The van der Waals surface area contributed by atoms with Crippen molar-refractivity contribution in [3.05, 3.63) is 35.0 Å². The Balaban J connectivity index is 2.74. The molecule has 1 aromatic heterocycles. The molecular weight excluding hydrogens is 256 g/mol. The van der Waals surface area contributed by atoms with E-state index >= 15 is 0 Å². The lowest BCUT2D eigenvalue weighted by atomic mass is 9.92. The summed E-state index contributed by atoms with van der Waals surface area (Å²) in [4.78, 5) is 11.0. The third kappa shape index (κ3) is 2.27. The number of aromatic carboxylic acids is 1. The van der Waals surface area contributed by atoms with Crippen LogP contribution in [-0.2, 0) is 7.05 Å². The van der Waals surface area contributed by atoms with Gasteiger partial charge in [0.2, 0.25) is 0 Å². The van der Waals surface area contributed by atoms with Gasteiger partial charge < -0.3 is 10.2 Å². The number of carboxylic acids is 1. The molecule has 0 bridgehead atoms. The van der Waals surface area contributed by atoms with E-state index in [0.29, 0.717) is 11.3 Å². The van der Waals surface area contributed by atoms with Crippen LogP contribution < -0.4 is 0 Å². The van der Waals surface area contributed by atoms with Gasteiger partial charge in [-0.15, -0.1) is 0 Å². The van der Waals surface area contributed by atoms with Crippen molar-refractivity contribution >= 4 is 5.97 Å². The largest absolute Gasteiger partial charge is 0.507 e. The lowest BCUT2D eigenvalue weighted by Crippen LogP contribution is -2.01. The summed E-state index contributed by atoms with van der Waals surface area (Å²) >= 11 is 0. The third-order valence-corrected chi connectivity index (χ3v) is 3.39. The summed E-state index contributed by atoms with van der Waals surface area (Å²) in [6.07, 6.45) is 0. The highest BCUT2D eigenvalue weighted by atomic mass is 16.4. The summed E-state index contributed by atoms with van der Waals surface area (Å²) in [5, 5.41) is 23.4. The van der Waals surface area contributed by atoms with E-state index in [9.17, 15) is 9.90 Å². The first-order chi connectivity index (χ1) is 9.32. The summed E-state index contributed by atoms with van der Waals surface area (Å²) in [5.74, 6) is -0.694. The number of hydrogen-bond acceptors (Lipinski definition) is 3. The number of rotatable bonds is 3. The second-order valence-electron chi connectivity index (χ2n) is 5.19. The van der Waals surface area contributed by atoms with Crippen molar-refractivity contribution in [3.63, 3.8) is 0 Å². The van der Waals surface area contributed by atoms with Gasteiger partial charge in [0.1, 0.15) is 5.75 Å². The van der Waals surface area contributed by atoms with E-state index in [1.807, 2.05) is 32.9 Å². The Morgan fingerprint density at radius 2 is 2.00 bits per heavy atom. The fourth-order valence-electron chi connectivity index (χ4n) is 2.27. The molecule has 0 amide bonds. The Morgan fingerprint density at radius 3 is 2.50 bits per heavy atom. The van der Waals surface area contributed by atoms with Gasteiger partial charge in [0.15, 0.2) is 5.69 Å². The van der Waals surface area contributed by atoms with Gasteiger partial charge in [-0.3, -0.25) is 4.68 Å². The number of phenols is 1. The monoisotopic (exact) mass is 274 g/mol. The smallest absolute Gasteiger partial charge is 0.356 e. The van der Waals surface area contributed by atoms with Crippen molar-refractivity contribution in [2.45, 2.75) is 26.7 Å². The van der Waals surface area contributed by atoms with Crippen LogP contribution in [0.3, 0.4) is 0 Å². The first kappa shape index (κ1) is 14.1. The van der Waals surface area contributed by atoms with Crippen molar-refractivity contribution in [1.29, 1.82) is 0 Å². The molecule has 5 heteroatoms. The van der Waals surface area contributed by atoms with Crippen LogP contribution in [0.1, 0.15) is 41.4 Å². The molecule has 0 saturated carbocycles. The highest BCUT2D eigenvalue weighted by Gasteiger charge is 2.20. The number of aromatic hydroxyl groups is 1. The molecule has 1 aromatic carbocycles. The molecule has 0 saturated heterocycles. The molecule has 106 valence electrons. The quantitative estimate of drug-likeness (QED) is 0.902. The lowest BCUT2D eigenvalue weighted by molar-refractivity contribution is 0.0689. The number of nitrogens with zero attached hydrogens (tertiary/aromatic N) is 2. The fourth-order valence-corrected chi connectivity index (χ4v) is 2.27. The molecular formula is C15H18N2O3. The minimum absolute atomic E-state index is 0.0295. The molecule has 0 aliphatic rings. The van der Waals surface area contributed by atoms with Crippen LogP contribution in [0.2, 0.25) is 0 Å². The zero-order valence-corrected chi connectivity index (χ0v) is 12.0. The maximum atomic E-state index is 11.0. The summed E-state index contributed by atoms with van der Waals surface area (Å²) < 4.78 is 1.49. The number of benzene rings is 1. The van der Waals surface area contributed by atoms with Crippen LogP contribution in [0.25, 0.3) is 11.3 Å². The van der Waals surface area contributed by atoms with E-state index in [4.69, 9.17) is 5.11 Å². The predicted octanol–water partition coefficient (Wildman–Crippen LogP) is 2.92. The Kier molecular flexibility index (Phi) is 3.53. The van der Waals surface area contributed by atoms with Crippen LogP contribution in [-0.4, -0.2) is 26.0 Å². The highest BCUT2D eigenvalue weighted by Crippen LogP contribution is 2.38. The molecule has 0 fully saturated rings. The summed E-state index contributed by atoms with van der Waals surface area (Å²) in [6, 6.07) is 5.31. The molecule has 2 N–H and O–H groups in total. The van der Waals surface area contributed by atoms with Crippen molar-refractivity contribution in [2.75, 3.05) is 0 Å². The molecule has 0 aliphatic heterocycles. The van der Waals surface area contributed by atoms with Crippen LogP contribution in [0.5, 0.6) is 5.75 Å². The molecule has 20 heavy (non-hydrogen) atoms. The minimum atomic E-state index is -1.08. The molecule has 0 aliphatic carbocycles. The normalized spacial score (nSPS) is 11.1. The van der Waals surface area contributed by atoms with Crippen LogP contribution in [0.4, 0.5) is 0 Å². The first-order valence-electron chi connectivity index (χ1n) is 6.43. The van der Waals surface area contributed by atoms with Gasteiger partial charge >= 0.3 is 5.97 Å². The van der Waals surface area contributed by atoms with E-state index in [1.165, 1.54) is 10.7 Å². The molecule has 0 unspecified atom stereocenters. The third-order valence-electron chi connectivity index (χ3n) is 3.39. The zero-order chi connectivity index (χ0) is 15.0. The van der Waals surface area contributed by atoms with Crippen LogP contribution in [0, 0.1) is 6.92 Å². The number of phenolic OH excluding ortho intramolecular Hbond substituents is 1. The van der Waals surface area contributed by atoms with Gasteiger partial charge in [-0.05, 0) is 30.0 Å². The lowest BCUT2D eigenvalue weighted by Gasteiger charge is -2.16. The second kappa shape index (κ2) is 5.00. The number of carbonyl (C=O) groups is 1. The Bertz CT molecular complexity index is 672. The maximum Gasteiger partial charge on any atom is 0.356 e. The molecule has 1 heterocycles. The van der Waals surface area contributed by atoms with E-state index in [2.05, 4.69) is 5.10 Å². The van der Waals surface area contributed by atoms with Crippen molar-refractivity contribution < 1.29 is 15.0 Å². The average molecular weight is 274 g/mol. The van der Waals surface area contributed by atoms with Crippen LogP contribution >= 0.6 is 0 Å². The van der Waals surface area contributed by atoms with Crippen molar-refractivity contribution in [2.24, 2.45) is 7.05 Å². The molecule has 2 rings (SSSR count). The topological polar surface area (TPSA) is 75.3 Å². The van der Waals surface area contributed by atoms with E-state index < -0.39 is 5.97 Å². The predicted molar refractivity (Wildman–Crippen MR) is 76.1 cm³/mol. The molecule has 0 atom stereocenters. The van der Waals surface area contributed by atoms with Crippen molar-refractivity contribution in [3.8, 4) is 17.0 Å². The summed E-state index contributed by atoms with van der Waals surface area (Å²) in [7, 11) is 1.67. The zero-order valence-electron chi connectivity index (χ0n) is 12.0. The number of aromatic nitrogens is 2. The van der Waals surface area contributed by atoms with Gasteiger partial charge in [0, 0.05) is 12.6 Å². The van der Waals surface area contributed by atoms with Gasteiger partial charge in [0.25, 0.3) is 0 Å². The first-order valence-corrected chi connectivity index (χ1v) is 6.43. The summed E-state index contributed by atoms with van der Waals surface area (Å²) in [6.45, 7) is 5.88. The standard InChI is InChI=1S/C15H18N2O3/c1-8(2)10-6-5-9(3)14(18)13(10)12-7-11(15(19)20)16-17(12)4/h5-8,18H,1-4H3,(H,19,20). The molecule has 2 aromatic rings. The van der Waals surface area contributed by atoms with Crippen molar-refractivity contribution in [1.82, 2.24) is 9.78 Å². The Hall–Kier alpha value is -2.30. The van der Waals surface area contributed by atoms with E-state index in [0.717, 1.165) is 11.1 Å². The van der Waals surface area contributed by atoms with Gasteiger partial charge in [-0.2, -0.15) is 5.10 Å². The van der Waals surface area contributed by atoms with Crippen LogP contribution in [0.15, 0.2) is 18.2 Å². The maximum absolute atomic E-state index is 11.0. The number of carboxylic acid groups (broad SMARTS) is 1. The number of aryl methyl sites for hydroxylation is 2. The molecule has 5 nitrogen and oxygen atoms in total. The molecule has 0 spiro atoms. The second-order valence-corrected chi connectivity index (χ2v) is 5.19. The van der Waals surface area contributed by atoms with Gasteiger partial charge in [-0.1, -0.05) is 26.0 Å². The average Bonchev–Trinajstić information content (AvgIpc) is 2.74. The molecule has 0 radical (unpaired) electrons. The van der Waals surface area contributed by atoms with Gasteiger partial charge in [-0.25, -0.2) is 4.79 Å². The Morgan fingerprint density at radius 1 is 1.35 bits per heavy atom. The minimum Gasteiger partial charge on any atom is -0.507 e. The van der Waals surface area contributed by atoms with E-state index in [-0.39, 0.29) is 17.4 Å². The van der Waals surface area contributed by atoms with E-state index in [1.54, 1.807) is 7.05 Å².